The van der Waals surface area contributed by atoms with Gasteiger partial charge in [0, 0.05) is 19.7 Å². The molecule has 1 amide bonds. The maximum atomic E-state index is 11.2. The lowest BCUT2D eigenvalue weighted by Crippen LogP contribution is -2.34. The van der Waals surface area contributed by atoms with Crippen LogP contribution in [-0.4, -0.2) is 30.6 Å². The number of nitrogens with zero attached hydrogens (tertiary/aromatic N) is 1. The smallest absolute Gasteiger partial charge is 0.210 e. The highest BCUT2D eigenvalue weighted by Gasteiger charge is 2.17. The van der Waals surface area contributed by atoms with Crippen molar-refractivity contribution in [3.8, 4) is 0 Å². The first-order valence-corrected chi connectivity index (χ1v) is 8.06. The maximum Gasteiger partial charge on any atom is 0.210 e. The highest BCUT2D eigenvalue weighted by atomic mass is 16.5. The zero-order valence-electron chi connectivity index (χ0n) is 13.9. The first-order valence-electron chi connectivity index (χ1n) is 8.06. The highest BCUT2D eigenvalue weighted by Crippen LogP contribution is 2.16. The zero-order valence-corrected chi connectivity index (χ0v) is 13.9. The third-order valence-electron chi connectivity index (χ3n) is 3.74. The van der Waals surface area contributed by atoms with E-state index >= 15 is 0 Å². The van der Waals surface area contributed by atoms with Crippen molar-refractivity contribution >= 4 is 6.41 Å². The Hall–Kier alpha value is -1.35. The fraction of sp³-hybridized carbons (Fsp3) is 0.611. The van der Waals surface area contributed by atoms with Crippen LogP contribution in [0.15, 0.2) is 18.2 Å². The number of rotatable bonds is 5. The van der Waals surface area contributed by atoms with Crippen molar-refractivity contribution < 1.29 is 9.53 Å². The molecule has 1 aliphatic rings. The second-order valence-electron chi connectivity index (χ2n) is 5.45. The first-order chi connectivity index (χ1) is 10.2. The minimum atomic E-state index is 0.212. The van der Waals surface area contributed by atoms with Crippen LogP contribution < -0.4 is 0 Å². The van der Waals surface area contributed by atoms with Crippen molar-refractivity contribution in [1.82, 2.24) is 4.90 Å². The van der Waals surface area contributed by atoms with Crippen molar-refractivity contribution in [2.24, 2.45) is 0 Å². The molecule has 1 aromatic rings. The molecule has 3 heteroatoms. The Labute approximate surface area is 129 Å². The Morgan fingerprint density at radius 1 is 1.29 bits per heavy atom. The minimum Gasteiger partial charge on any atom is -0.376 e. The lowest BCUT2D eigenvalue weighted by molar-refractivity contribution is -0.121. The Morgan fingerprint density at radius 2 is 2.05 bits per heavy atom. The predicted molar refractivity (Wildman–Crippen MR) is 87.3 cm³/mol. The number of ether oxygens (including phenoxy) is 1. The quantitative estimate of drug-likeness (QED) is 0.771. The van der Waals surface area contributed by atoms with Gasteiger partial charge in [-0.15, -0.1) is 0 Å². The van der Waals surface area contributed by atoms with Gasteiger partial charge in [-0.25, -0.2) is 0 Å². The number of aryl methyl sites for hydroxylation is 2. The number of hydrogen-bond donors (Lipinski definition) is 0. The van der Waals surface area contributed by atoms with Gasteiger partial charge in [0.15, 0.2) is 0 Å². The number of amides is 1. The van der Waals surface area contributed by atoms with Gasteiger partial charge in [-0.2, -0.15) is 0 Å². The van der Waals surface area contributed by atoms with Crippen LogP contribution >= 0.6 is 0 Å². The van der Waals surface area contributed by atoms with Gasteiger partial charge < -0.3 is 9.64 Å². The van der Waals surface area contributed by atoms with E-state index < -0.39 is 0 Å². The summed E-state index contributed by atoms with van der Waals surface area (Å²) in [4.78, 5) is 13.1. The third kappa shape index (κ3) is 5.88. The SMILES string of the molecule is CC.Cc1ccc(C)c(CN(C=O)CC2CCCCO2)c1. The highest BCUT2D eigenvalue weighted by molar-refractivity contribution is 5.48. The Bertz CT molecular complexity index is 425. The van der Waals surface area contributed by atoms with E-state index in [2.05, 4.69) is 32.0 Å². The average Bonchev–Trinajstić information content (AvgIpc) is 2.53. The average molecular weight is 291 g/mol. The van der Waals surface area contributed by atoms with E-state index in [0.29, 0.717) is 13.1 Å². The summed E-state index contributed by atoms with van der Waals surface area (Å²) in [5, 5.41) is 0. The molecule has 1 fully saturated rings. The molecule has 0 bridgehead atoms. The fourth-order valence-electron chi connectivity index (χ4n) is 2.55. The van der Waals surface area contributed by atoms with Crippen LogP contribution in [0.2, 0.25) is 0 Å². The van der Waals surface area contributed by atoms with Crippen molar-refractivity contribution in [2.45, 2.75) is 59.6 Å². The lowest BCUT2D eigenvalue weighted by atomic mass is 10.0. The summed E-state index contributed by atoms with van der Waals surface area (Å²) in [6.45, 7) is 10.4. The maximum absolute atomic E-state index is 11.2. The Kier molecular flexibility index (Phi) is 8.06. The first kappa shape index (κ1) is 17.7. The van der Waals surface area contributed by atoms with Gasteiger partial charge in [-0.3, -0.25) is 4.79 Å². The summed E-state index contributed by atoms with van der Waals surface area (Å²) in [6, 6.07) is 6.38. The normalized spacial score (nSPS) is 17.6. The topological polar surface area (TPSA) is 29.5 Å². The van der Waals surface area contributed by atoms with Crippen LogP contribution in [0.25, 0.3) is 0 Å². The molecule has 1 aromatic carbocycles. The van der Waals surface area contributed by atoms with E-state index in [1.807, 2.05) is 18.7 Å². The summed E-state index contributed by atoms with van der Waals surface area (Å²) in [5.74, 6) is 0. The molecule has 2 rings (SSSR count). The second-order valence-corrected chi connectivity index (χ2v) is 5.45. The largest absolute Gasteiger partial charge is 0.376 e. The van der Waals surface area contributed by atoms with Crippen molar-refractivity contribution in [3.63, 3.8) is 0 Å². The molecule has 21 heavy (non-hydrogen) atoms. The number of hydrogen-bond acceptors (Lipinski definition) is 2. The van der Waals surface area contributed by atoms with Gasteiger partial charge in [0.05, 0.1) is 6.10 Å². The molecule has 3 nitrogen and oxygen atoms in total. The molecule has 1 unspecified atom stereocenters. The van der Waals surface area contributed by atoms with Crippen LogP contribution in [0.3, 0.4) is 0 Å². The summed E-state index contributed by atoms with van der Waals surface area (Å²) in [7, 11) is 0. The number of benzene rings is 1. The van der Waals surface area contributed by atoms with E-state index in [1.54, 1.807) is 0 Å². The van der Waals surface area contributed by atoms with Crippen molar-refractivity contribution in [2.75, 3.05) is 13.2 Å². The van der Waals surface area contributed by atoms with Crippen LogP contribution in [-0.2, 0) is 16.1 Å². The molecule has 0 radical (unpaired) electrons. The molecule has 1 aliphatic heterocycles. The van der Waals surface area contributed by atoms with Gasteiger partial charge in [-0.05, 0) is 44.2 Å². The monoisotopic (exact) mass is 291 g/mol. The molecule has 1 atom stereocenters. The molecule has 1 saturated heterocycles. The van der Waals surface area contributed by atoms with E-state index in [-0.39, 0.29) is 6.10 Å². The van der Waals surface area contributed by atoms with E-state index in [0.717, 1.165) is 25.9 Å². The van der Waals surface area contributed by atoms with Crippen molar-refractivity contribution in [3.05, 3.63) is 34.9 Å². The van der Waals surface area contributed by atoms with Gasteiger partial charge in [0.25, 0.3) is 0 Å². The molecule has 0 N–H and O–H groups in total. The summed E-state index contributed by atoms with van der Waals surface area (Å²) < 4.78 is 5.70. The van der Waals surface area contributed by atoms with Gasteiger partial charge in [-0.1, -0.05) is 37.6 Å². The molecule has 0 aliphatic carbocycles. The fourth-order valence-corrected chi connectivity index (χ4v) is 2.55. The summed E-state index contributed by atoms with van der Waals surface area (Å²) in [5.41, 5.74) is 3.70. The Morgan fingerprint density at radius 3 is 2.67 bits per heavy atom. The summed E-state index contributed by atoms with van der Waals surface area (Å²) in [6.07, 6.45) is 4.58. The standard InChI is InChI=1S/C16H23NO2.C2H6/c1-13-6-7-14(2)15(9-13)10-17(12-18)11-16-5-3-4-8-19-16;1-2/h6-7,9,12,16H,3-5,8,10-11H2,1-2H3;1-2H3. The second kappa shape index (κ2) is 9.56. The summed E-state index contributed by atoms with van der Waals surface area (Å²) >= 11 is 0. The molecule has 0 spiro atoms. The van der Waals surface area contributed by atoms with E-state index in [9.17, 15) is 4.79 Å². The van der Waals surface area contributed by atoms with Crippen LogP contribution in [0.4, 0.5) is 0 Å². The van der Waals surface area contributed by atoms with E-state index in [4.69, 9.17) is 4.74 Å². The molecule has 118 valence electrons. The van der Waals surface area contributed by atoms with Crippen molar-refractivity contribution in [1.29, 1.82) is 0 Å². The number of carbonyl (C=O) groups is 1. The molecular formula is C18H29NO2. The van der Waals surface area contributed by atoms with Crippen LogP contribution in [0.1, 0.15) is 49.8 Å². The van der Waals surface area contributed by atoms with Gasteiger partial charge >= 0.3 is 0 Å². The molecule has 1 heterocycles. The third-order valence-corrected chi connectivity index (χ3v) is 3.74. The van der Waals surface area contributed by atoms with Crippen LogP contribution in [0, 0.1) is 13.8 Å². The Balaban J connectivity index is 0.00000106. The molecule has 0 aromatic heterocycles. The van der Waals surface area contributed by atoms with Gasteiger partial charge in [0.1, 0.15) is 0 Å². The molecule has 0 saturated carbocycles. The zero-order chi connectivity index (χ0) is 15.7. The number of carbonyl (C=O) groups excluding carboxylic acids is 1. The minimum absolute atomic E-state index is 0.212. The molecular weight excluding hydrogens is 262 g/mol. The van der Waals surface area contributed by atoms with Gasteiger partial charge in [0.2, 0.25) is 6.41 Å². The predicted octanol–water partition coefficient (Wildman–Crippen LogP) is 3.86. The van der Waals surface area contributed by atoms with E-state index in [1.165, 1.54) is 23.1 Å². The lowest BCUT2D eigenvalue weighted by Gasteiger charge is -2.28. The van der Waals surface area contributed by atoms with Crippen LogP contribution in [0.5, 0.6) is 0 Å².